The van der Waals surface area contributed by atoms with Gasteiger partial charge in [-0.3, -0.25) is 0 Å². The molecule has 2 aromatic rings. The lowest BCUT2D eigenvalue weighted by Crippen LogP contribution is -2.37. The van der Waals surface area contributed by atoms with Crippen LogP contribution in [0.25, 0.3) is 0 Å². The minimum Gasteiger partial charge on any atom is -0.492 e. The van der Waals surface area contributed by atoms with Gasteiger partial charge in [-0.1, -0.05) is 46.3 Å². The number of hydrogen-bond donors (Lipinski definition) is 2. The van der Waals surface area contributed by atoms with Crippen LogP contribution < -0.4 is 15.4 Å². The third-order valence-electron chi connectivity index (χ3n) is 2.74. The van der Waals surface area contributed by atoms with Gasteiger partial charge in [0.2, 0.25) is 0 Å². The molecule has 0 aliphatic heterocycles. The number of carbonyl (C=O) groups excluding carboxylic acids is 1. The fraction of sp³-hybridized carbons (Fsp3) is 0.188. The van der Waals surface area contributed by atoms with Gasteiger partial charge in [0.15, 0.2) is 0 Å². The molecule has 21 heavy (non-hydrogen) atoms. The predicted octanol–water partition coefficient (Wildman–Crippen LogP) is 3.33. The van der Waals surface area contributed by atoms with Gasteiger partial charge in [-0.15, -0.1) is 0 Å². The van der Waals surface area contributed by atoms with Crippen LogP contribution in [0, 0.1) is 0 Å². The highest BCUT2D eigenvalue weighted by atomic mass is 79.9. The molecule has 0 heterocycles. The third kappa shape index (κ3) is 5.87. The highest BCUT2D eigenvalue weighted by Crippen LogP contribution is 2.11. The summed E-state index contributed by atoms with van der Waals surface area (Å²) < 4.78 is 6.48. The molecule has 2 amide bonds. The van der Waals surface area contributed by atoms with Crippen molar-refractivity contribution in [3.05, 3.63) is 64.6 Å². The summed E-state index contributed by atoms with van der Waals surface area (Å²) in [4.78, 5) is 11.6. The summed E-state index contributed by atoms with van der Waals surface area (Å²) in [6.07, 6.45) is 0. The van der Waals surface area contributed by atoms with Crippen LogP contribution in [-0.4, -0.2) is 19.2 Å². The number of benzene rings is 2. The normalized spacial score (nSPS) is 9.95. The number of rotatable bonds is 6. The maximum Gasteiger partial charge on any atom is 0.315 e. The van der Waals surface area contributed by atoms with Gasteiger partial charge in [0.05, 0.1) is 6.54 Å². The molecule has 4 nitrogen and oxygen atoms in total. The molecule has 2 rings (SSSR count). The average Bonchev–Trinajstić information content (AvgIpc) is 2.51. The van der Waals surface area contributed by atoms with Crippen molar-refractivity contribution in [2.45, 2.75) is 6.54 Å². The van der Waals surface area contributed by atoms with Gasteiger partial charge in [0.25, 0.3) is 0 Å². The Hall–Kier alpha value is -2.01. The summed E-state index contributed by atoms with van der Waals surface area (Å²) in [6, 6.07) is 17.1. The Balaban J connectivity index is 1.62. The molecule has 0 atom stereocenters. The second-order valence-electron chi connectivity index (χ2n) is 4.40. The van der Waals surface area contributed by atoms with Crippen LogP contribution in [0.2, 0.25) is 0 Å². The zero-order chi connectivity index (χ0) is 14.9. The molecule has 0 unspecified atom stereocenters. The summed E-state index contributed by atoms with van der Waals surface area (Å²) in [6.45, 7) is 1.39. The summed E-state index contributed by atoms with van der Waals surface area (Å²) in [5.74, 6) is 0.800. The Labute approximate surface area is 132 Å². The molecule has 0 fully saturated rings. The average molecular weight is 349 g/mol. The van der Waals surface area contributed by atoms with E-state index >= 15 is 0 Å². The molecule has 0 aliphatic rings. The Morgan fingerprint density at radius 2 is 1.86 bits per heavy atom. The number of halogens is 1. The molecule has 0 radical (unpaired) electrons. The first kappa shape index (κ1) is 15.4. The van der Waals surface area contributed by atoms with Crippen molar-refractivity contribution >= 4 is 22.0 Å². The fourth-order valence-electron chi connectivity index (χ4n) is 1.74. The molecule has 0 spiro atoms. The first-order valence-corrected chi connectivity index (χ1v) is 7.47. The smallest absolute Gasteiger partial charge is 0.315 e. The van der Waals surface area contributed by atoms with Crippen molar-refractivity contribution in [3.8, 4) is 5.75 Å². The fourth-order valence-corrected chi connectivity index (χ4v) is 2.19. The van der Waals surface area contributed by atoms with E-state index in [0.29, 0.717) is 19.7 Å². The van der Waals surface area contributed by atoms with Crippen molar-refractivity contribution in [2.24, 2.45) is 0 Å². The minimum atomic E-state index is -0.202. The van der Waals surface area contributed by atoms with Crippen LogP contribution in [0.3, 0.4) is 0 Å². The molecule has 2 aromatic carbocycles. The van der Waals surface area contributed by atoms with Crippen LogP contribution >= 0.6 is 15.9 Å². The Morgan fingerprint density at radius 1 is 1.05 bits per heavy atom. The molecule has 110 valence electrons. The number of urea groups is 1. The van der Waals surface area contributed by atoms with Gasteiger partial charge < -0.3 is 15.4 Å². The number of para-hydroxylation sites is 1. The van der Waals surface area contributed by atoms with Gasteiger partial charge in [0, 0.05) is 11.0 Å². The molecule has 0 aromatic heterocycles. The minimum absolute atomic E-state index is 0.202. The van der Waals surface area contributed by atoms with Crippen molar-refractivity contribution in [1.29, 1.82) is 0 Å². The molecule has 5 heteroatoms. The van der Waals surface area contributed by atoms with E-state index in [1.807, 2.05) is 54.6 Å². The van der Waals surface area contributed by atoms with Crippen LogP contribution in [0.4, 0.5) is 4.79 Å². The first-order valence-electron chi connectivity index (χ1n) is 6.68. The van der Waals surface area contributed by atoms with Gasteiger partial charge in [-0.05, 0) is 29.8 Å². The lowest BCUT2D eigenvalue weighted by atomic mass is 10.2. The van der Waals surface area contributed by atoms with Crippen LogP contribution in [-0.2, 0) is 6.54 Å². The monoisotopic (exact) mass is 348 g/mol. The second kappa shape index (κ2) is 8.32. The topological polar surface area (TPSA) is 50.4 Å². The highest BCUT2D eigenvalue weighted by Gasteiger charge is 2.00. The standard InChI is InChI=1S/C16H17BrN2O2/c17-14-6-4-5-13(11-14)12-19-16(20)18-9-10-21-15-7-2-1-3-8-15/h1-8,11H,9-10,12H2,(H2,18,19,20). The van der Waals surface area contributed by atoms with Crippen molar-refractivity contribution in [1.82, 2.24) is 10.6 Å². The van der Waals surface area contributed by atoms with Crippen LogP contribution in [0.1, 0.15) is 5.56 Å². The molecule has 2 N–H and O–H groups in total. The van der Waals surface area contributed by atoms with Crippen molar-refractivity contribution in [2.75, 3.05) is 13.2 Å². The zero-order valence-corrected chi connectivity index (χ0v) is 13.1. The van der Waals surface area contributed by atoms with Crippen molar-refractivity contribution in [3.63, 3.8) is 0 Å². The number of carbonyl (C=O) groups is 1. The summed E-state index contributed by atoms with van der Waals surface area (Å²) >= 11 is 3.40. The quantitative estimate of drug-likeness (QED) is 0.786. The number of amides is 2. The lowest BCUT2D eigenvalue weighted by Gasteiger charge is -2.09. The molecule has 0 bridgehead atoms. The zero-order valence-electron chi connectivity index (χ0n) is 11.5. The van der Waals surface area contributed by atoms with E-state index in [0.717, 1.165) is 15.8 Å². The second-order valence-corrected chi connectivity index (χ2v) is 5.32. The molecular formula is C16H17BrN2O2. The first-order chi connectivity index (χ1) is 10.2. The maximum absolute atomic E-state index is 11.6. The number of nitrogens with one attached hydrogen (secondary N) is 2. The summed E-state index contributed by atoms with van der Waals surface area (Å²) in [5, 5.41) is 5.55. The Morgan fingerprint density at radius 3 is 2.62 bits per heavy atom. The Bertz CT molecular complexity index is 575. The summed E-state index contributed by atoms with van der Waals surface area (Å²) in [7, 11) is 0. The van der Waals surface area contributed by atoms with Gasteiger partial charge in [0.1, 0.15) is 12.4 Å². The van der Waals surface area contributed by atoms with E-state index in [1.165, 1.54) is 0 Å². The Kier molecular flexibility index (Phi) is 6.09. The SMILES string of the molecule is O=C(NCCOc1ccccc1)NCc1cccc(Br)c1. The van der Waals surface area contributed by atoms with E-state index in [2.05, 4.69) is 26.6 Å². The molecule has 0 saturated carbocycles. The van der Waals surface area contributed by atoms with E-state index in [-0.39, 0.29) is 6.03 Å². The van der Waals surface area contributed by atoms with Gasteiger partial charge in [-0.2, -0.15) is 0 Å². The number of ether oxygens (including phenoxy) is 1. The van der Waals surface area contributed by atoms with Crippen LogP contribution in [0.5, 0.6) is 5.75 Å². The predicted molar refractivity (Wildman–Crippen MR) is 86.3 cm³/mol. The van der Waals surface area contributed by atoms with Crippen molar-refractivity contribution < 1.29 is 9.53 Å². The van der Waals surface area contributed by atoms with Crippen LogP contribution in [0.15, 0.2) is 59.1 Å². The molecule has 0 saturated heterocycles. The van der Waals surface area contributed by atoms with Gasteiger partial charge >= 0.3 is 6.03 Å². The van der Waals surface area contributed by atoms with Gasteiger partial charge in [-0.25, -0.2) is 4.79 Å². The summed E-state index contributed by atoms with van der Waals surface area (Å²) in [5.41, 5.74) is 1.04. The molecular weight excluding hydrogens is 332 g/mol. The molecule has 0 aliphatic carbocycles. The third-order valence-corrected chi connectivity index (χ3v) is 3.23. The highest BCUT2D eigenvalue weighted by molar-refractivity contribution is 9.10. The maximum atomic E-state index is 11.6. The lowest BCUT2D eigenvalue weighted by molar-refractivity contribution is 0.236. The van der Waals surface area contributed by atoms with E-state index in [4.69, 9.17) is 4.74 Å². The largest absolute Gasteiger partial charge is 0.492 e. The van der Waals surface area contributed by atoms with E-state index < -0.39 is 0 Å². The van der Waals surface area contributed by atoms with E-state index in [1.54, 1.807) is 0 Å². The van der Waals surface area contributed by atoms with E-state index in [9.17, 15) is 4.79 Å². The number of hydrogen-bond acceptors (Lipinski definition) is 2.